The van der Waals surface area contributed by atoms with E-state index < -0.39 is 10.0 Å². The molecular formula is C29H29N5O4S. The van der Waals surface area contributed by atoms with Gasteiger partial charge in [-0.05, 0) is 54.1 Å². The molecule has 1 saturated heterocycles. The minimum atomic E-state index is -3.87. The third-order valence-corrected chi connectivity index (χ3v) is 8.02. The first-order valence-electron chi connectivity index (χ1n) is 12.6. The van der Waals surface area contributed by atoms with Crippen molar-refractivity contribution in [3.63, 3.8) is 0 Å². The van der Waals surface area contributed by atoms with Gasteiger partial charge in [-0.25, -0.2) is 8.42 Å². The molecule has 10 heteroatoms. The van der Waals surface area contributed by atoms with Gasteiger partial charge in [-0.2, -0.15) is 0 Å². The van der Waals surface area contributed by atoms with Crippen LogP contribution in [-0.4, -0.2) is 61.2 Å². The molecule has 1 aromatic heterocycles. The largest absolute Gasteiger partial charge is 0.336 e. The van der Waals surface area contributed by atoms with Gasteiger partial charge in [0.2, 0.25) is 5.91 Å². The summed E-state index contributed by atoms with van der Waals surface area (Å²) in [6.45, 7) is 4.95. The van der Waals surface area contributed by atoms with Gasteiger partial charge in [-0.15, -0.1) is 0 Å². The summed E-state index contributed by atoms with van der Waals surface area (Å²) in [5, 5.41) is 3.50. The molecule has 2 N–H and O–H groups in total. The van der Waals surface area contributed by atoms with Crippen LogP contribution in [-0.2, 0) is 21.4 Å². The molecule has 1 aliphatic heterocycles. The van der Waals surface area contributed by atoms with Crippen LogP contribution in [0.1, 0.15) is 22.8 Å². The molecule has 0 atom stereocenters. The van der Waals surface area contributed by atoms with Crippen LogP contribution in [0.3, 0.4) is 0 Å². The van der Waals surface area contributed by atoms with E-state index in [4.69, 9.17) is 0 Å². The highest BCUT2D eigenvalue weighted by atomic mass is 32.2. The number of sulfonamides is 1. The van der Waals surface area contributed by atoms with Crippen molar-refractivity contribution >= 4 is 44.1 Å². The molecule has 200 valence electrons. The van der Waals surface area contributed by atoms with Gasteiger partial charge in [0, 0.05) is 68.2 Å². The Kier molecular flexibility index (Phi) is 7.58. The van der Waals surface area contributed by atoms with E-state index in [-0.39, 0.29) is 16.7 Å². The highest BCUT2D eigenvalue weighted by Crippen LogP contribution is 2.24. The van der Waals surface area contributed by atoms with Crippen LogP contribution in [0, 0.1) is 0 Å². The number of carbonyl (C=O) groups is 2. The van der Waals surface area contributed by atoms with Gasteiger partial charge in [-0.3, -0.25) is 24.2 Å². The Morgan fingerprint density at radius 2 is 1.51 bits per heavy atom. The number of piperazine rings is 1. The van der Waals surface area contributed by atoms with Crippen molar-refractivity contribution < 1.29 is 18.0 Å². The van der Waals surface area contributed by atoms with Gasteiger partial charge in [0.1, 0.15) is 4.90 Å². The standard InChI is InChI=1S/C29H29N5O4S/c1-21(35)31-25-11-7-22(8-12-25)20-33-16-18-34(19-17-33)29(36)24-9-13-26(14-10-24)32-39(37,38)27-6-2-4-23-5-3-15-30-28(23)27/h2-15,32H,16-20H2,1H3,(H,31,35). The van der Waals surface area contributed by atoms with E-state index in [2.05, 4.69) is 19.9 Å². The minimum absolute atomic E-state index is 0.0815. The van der Waals surface area contributed by atoms with Crippen LogP contribution < -0.4 is 10.0 Å². The zero-order valence-corrected chi connectivity index (χ0v) is 22.3. The molecular weight excluding hydrogens is 514 g/mol. The Hall–Kier alpha value is -4.28. The second-order valence-corrected chi connectivity index (χ2v) is 11.1. The molecule has 0 unspecified atom stereocenters. The van der Waals surface area contributed by atoms with Crippen LogP contribution in [0.15, 0.2) is 90.0 Å². The first-order chi connectivity index (χ1) is 18.8. The smallest absolute Gasteiger partial charge is 0.264 e. The van der Waals surface area contributed by atoms with Gasteiger partial charge in [0.05, 0.1) is 5.52 Å². The summed E-state index contributed by atoms with van der Waals surface area (Å²) in [4.78, 5) is 32.7. The third kappa shape index (κ3) is 6.24. The number of aromatic nitrogens is 1. The molecule has 39 heavy (non-hydrogen) atoms. The van der Waals surface area contributed by atoms with Gasteiger partial charge in [0.25, 0.3) is 15.9 Å². The number of benzene rings is 3. The van der Waals surface area contributed by atoms with Crippen molar-refractivity contribution in [3.8, 4) is 0 Å². The molecule has 1 fully saturated rings. The number of hydrogen-bond acceptors (Lipinski definition) is 6. The first-order valence-corrected chi connectivity index (χ1v) is 14.1. The van der Waals surface area contributed by atoms with Gasteiger partial charge < -0.3 is 10.2 Å². The maximum atomic E-state index is 13.1. The molecule has 1 aliphatic rings. The summed E-state index contributed by atoms with van der Waals surface area (Å²) < 4.78 is 28.7. The van der Waals surface area contributed by atoms with Crippen LogP contribution in [0.2, 0.25) is 0 Å². The summed E-state index contributed by atoms with van der Waals surface area (Å²) in [6, 6.07) is 22.9. The molecule has 2 heterocycles. The number of anilines is 2. The Bertz CT molecular complexity index is 1590. The van der Waals surface area contributed by atoms with Crippen molar-refractivity contribution in [1.82, 2.24) is 14.8 Å². The van der Waals surface area contributed by atoms with E-state index >= 15 is 0 Å². The van der Waals surface area contributed by atoms with E-state index in [9.17, 15) is 18.0 Å². The van der Waals surface area contributed by atoms with Crippen molar-refractivity contribution in [2.24, 2.45) is 0 Å². The molecule has 0 bridgehead atoms. The van der Waals surface area contributed by atoms with Crippen LogP contribution in [0.5, 0.6) is 0 Å². The highest BCUT2D eigenvalue weighted by molar-refractivity contribution is 7.93. The number of fused-ring (bicyclic) bond motifs is 1. The number of amides is 2. The average molecular weight is 544 g/mol. The van der Waals surface area contributed by atoms with Crippen LogP contribution >= 0.6 is 0 Å². The van der Waals surface area contributed by atoms with Crippen molar-refractivity contribution in [2.45, 2.75) is 18.4 Å². The predicted octanol–water partition coefficient (Wildman–Crippen LogP) is 3.95. The molecule has 0 saturated carbocycles. The second kappa shape index (κ2) is 11.2. The maximum absolute atomic E-state index is 13.1. The zero-order chi connectivity index (χ0) is 27.4. The maximum Gasteiger partial charge on any atom is 0.264 e. The van der Waals surface area contributed by atoms with Crippen LogP contribution in [0.4, 0.5) is 11.4 Å². The summed E-state index contributed by atoms with van der Waals surface area (Å²) in [7, 11) is -3.87. The van der Waals surface area contributed by atoms with Crippen molar-refractivity contribution in [1.29, 1.82) is 0 Å². The zero-order valence-electron chi connectivity index (χ0n) is 21.5. The Balaban J connectivity index is 1.17. The minimum Gasteiger partial charge on any atom is -0.336 e. The first kappa shape index (κ1) is 26.3. The molecule has 0 spiro atoms. The average Bonchev–Trinajstić information content (AvgIpc) is 2.94. The normalized spacial score (nSPS) is 14.2. The number of rotatable bonds is 7. The number of carbonyl (C=O) groups excluding carboxylic acids is 2. The highest BCUT2D eigenvalue weighted by Gasteiger charge is 2.23. The van der Waals surface area contributed by atoms with Crippen LogP contribution in [0.25, 0.3) is 10.9 Å². The van der Waals surface area contributed by atoms with E-state index in [1.165, 1.54) is 13.0 Å². The Labute approximate surface area is 227 Å². The SMILES string of the molecule is CC(=O)Nc1ccc(CN2CCN(C(=O)c3ccc(NS(=O)(=O)c4cccc5cccnc45)cc3)CC2)cc1. The summed E-state index contributed by atoms with van der Waals surface area (Å²) >= 11 is 0. The number of para-hydroxylation sites is 1. The van der Waals surface area contributed by atoms with Gasteiger partial charge >= 0.3 is 0 Å². The Morgan fingerprint density at radius 1 is 0.846 bits per heavy atom. The van der Waals surface area contributed by atoms with E-state index in [0.717, 1.165) is 36.3 Å². The molecule has 9 nitrogen and oxygen atoms in total. The molecule has 5 rings (SSSR count). The number of pyridine rings is 1. The second-order valence-electron chi connectivity index (χ2n) is 9.46. The lowest BCUT2D eigenvalue weighted by atomic mass is 10.1. The van der Waals surface area contributed by atoms with Gasteiger partial charge in [-0.1, -0.05) is 30.3 Å². The van der Waals surface area contributed by atoms with E-state index in [1.54, 1.807) is 42.6 Å². The van der Waals surface area contributed by atoms with Crippen molar-refractivity contribution in [2.75, 3.05) is 36.2 Å². The molecule has 0 radical (unpaired) electrons. The lowest BCUT2D eigenvalue weighted by molar-refractivity contribution is -0.114. The molecule has 0 aliphatic carbocycles. The van der Waals surface area contributed by atoms with E-state index in [0.29, 0.717) is 29.9 Å². The quantitative estimate of drug-likeness (QED) is 0.365. The molecule has 3 aromatic carbocycles. The Morgan fingerprint density at radius 3 is 2.21 bits per heavy atom. The van der Waals surface area contributed by atoms with Gasteiger partial charge in [0.15, 0.2) is 0 Å². The topological polar surface area (TPSA) is 112 Å². The summed E-state index contributed by atoms with van der Waals surface area (Å²) in [5.41, 5.74) is 3.19. The number of nitrogens with zero attached hydrogens (tertiary/aromatic N) is 3. The predicted molar refractivity (Wildman–Crippen MR) is 151 cm³/mol. The monoisotopic (exact) mass is 543 g/mol. The fourth-order valence-corrected chi connectivity index (χ4v) is 5.87. The lowest BCUT2D eigenvalue weighted by Gasteiger charge is -2.34. The molecule has 2 amide bonds. The molecule has 4 aromatic rings. The number of hydrogen-bond donors (Lipinski definition) is 2. The van der Waals surface area contributed by atoms with Crippen molar-refractivity contribution in [3.05, 3.63) is 96.2 Å². The fraction of sp³-hybridized carbons (Fsp3) is 0.207. The summed E-state index contributed by atoms with van der Waals surface area (Å²) in [6.07, 6.45) is 1.56. The fourth-order valence-electron chi connectivity index (χ4n) is 4.63. The number of nitrogens with one attached hydrogen (secondary N) is 2. The van der Waals surface area contributed by atoms with E-state index in [1.807, 2.05) is 41.3 Å². The summed E-state index contributed by atoms with van der Waals surface area (Å²) in [5.74, 6) is -0.181. The third-order valence-electron chi connectivity index (χ3n) is 6.61. The lowest BCUT2D eigenvalue weighted by Crippen LogP contribution is -2.48.